The molecule has 0 N–H and O–H groups in total. The van der Waals surface area contributed by atoms with Crippen LogP contribution in [0.2, 0.25) is 0 Å². The molecule has 23 valence electrons. The first-order chi connectivity index (χ1) is 0. The average molecular weight is 228 g/mol. The molecule has 0 heterocycles. The number of hydrogen-bond donors (Lipinski definition) is 0. The third-order valence-corrected chi connectivity index (χ3v) is 0. The average Bonchev–Trinajstić information content (AvgIpc) is 0. The predicted octanol–water partition coefficient (Wildman–Crippen LogP) is -1.19. The summed E-state index contributed by atoms with van der Waals surface area (Å²) in [6, 6.07) is 0. The third-order valence-electron chi connectivity index (χ3n) is 0. The van der Waals surface area contributed by atoms with Crippen molar-refractivity contribution in [3.8, 4) is 0 Å². The van der Waals surface area contributed by atoms with Gasteiger partial charge in [-0.3, -0.25) is 0 Å². The van der Waals surface area contributed by atoms with Crippen molar-refractivity contribution < 1.29 is 60.6 Å². The van der Waals surface area contributed by atoms with E-state index in [0.29, 0.717) is 0 Å². The predicted molar refractivity (Wildman–Crippen MR) is 9.94 cm³/mol. The summed E-state index contributed by atoms with van der Waals surface area (Å²) in [7, 11) is 0. The minimum Gasteiger partial charge on any atom is 0 e. The van der Waals surface area contributed by atoms with Crippen molar-refractivity contribution in [2.45, 2.75) is 0 Å². The van der Waals surface area contributed by atoms with Crippen LogP contribution in [0.1, 0.15) is 0 Å². The maximum atomic E-state index is 0. The quantitative estimate of drug-likeness (QED) is 0.457. The Kier molecular flexibility index (Phi) is 142. The van der Waals surface area contributed by atoms with E-state index in [9.17, 15) is 0 Å². The van der Waals surface area contributed by atoms with Gasteiger partial charge in [0.25, 0.3) is 0 Å². The molecule has 0 saturated carbocycles. The monoisotopic (exact) mass is 227 g/mol. The summed E-state index contributed by atoms with van der Waals surface area (Å²) in [5.41, 5.74) is 0. The smallest absolute Gasteiger partial charge is 0 e. The van der Waals surface area contributed by atoms with Crippen molar-refractivity contribution in [2.75, 3.05) is 0 Å². The number of rotatable bonds is 0. The Hall–Kier alpha value is 2.47. The van der Waals surface area contributed by atoms with Crippen LogP contribution < -0.4 is 0 Å². The number of hydrogen-bond acceptors (Lipinski definition) is 0. The van der Waals surface area contributed by atoms with E-state index < -0.39 is 0 Å². The van der Waals surface area contributed by atoms with Gasteiger partial charge in [0.2, 0.25) is 0 Å². The maximum Gasteiger partial charge on any atom is 0.187 e. The molecule has 0 aromatic rings. The first-order valence-electron chi connectivity index (χ1n) is 0. The van der Waals surface area contributed by atoms with Crippen molar-refractivity contribution in [1.29, 1.82) is 0 Å². The Balaban J connectivity index is 0. The summed E-state index contributed by atoms with van der Waals surface area (Å²) in [6.07, 6.45) is 0. The first-order valence-corrected chi connectivity index (χ1v) is 0. The maximum absolute atomic E-state index is 0. The molecule has 0 bridgehead atoms. The minimum atomic E-state index is 0. The molecule has 0 aromatic heterocycles. The fourth-order valence-corrected chi connectivity index (χ4v) is 0. The second-order valence-corrected chi connectivity index (χ2v) is 0. The zero-order valence-electron chi connectivity index (χ0n) is 1.29. The molecule has 0 unspecified atom stereocenters. The third kappa shape index (κ3) is 8.82. The normalized spacial score (nSPS) is 0. The van der Waals surface area contributed by atoms with Gasteiger partial charge < -0.3 is 0 Å². The molecule has 4 heavy (non-hydrogen) atoms. The van der Waals surface area contributed by atoms with Gasteiger partial charge in [0.05, 0.1) is 0 Å². The van der Waals surface area contributed by atoms with E-state index in [4.69, 9.17) is 0 Å². The molecule has 1 radical (unpaired) electrons. The van der Waals surface area contributed by atoms with Crippen molar-refractivity contribution >= 4 is 17.4 Å². The molecule has 0 atom stereocenters. The minimum absolute atomic E-state index is 0. The summed E-state index contributed by atoms with van der Waals surface area (Å²) >= 11 is 0. The van der Waals surface area contributed by atoms with Crippen LogP contribution in [0.3, 0.4) is 0 Å². The van der Waals surface area contributed by atoms with Crippen LogP contribution in [0.5, 0.6) is 0 Å². The molecule has 0 fully saturated rings. The molecule has 0 saturated heterocycles. The zero-order valence-corrected chi connectivity index (χ0v) is 6.20. The molecular weight excluding hydrogens is 225 g/mol. The molecule has 0 aliphatic heterocycles. The Bertz CT molecular complexity index is 8.00. The largest absolute Gasteiger partial charge is 0.187 e. The summed E-state index contributed by atoms with van der Waals surface area (Å²) < 4.78 is 0. The Labute approximate surface area is 77.0 Å². The van der Waals surface area contributed by atoms with E-state index in [-0.39, 0.29) is 78.0 Å². The van der Waals surface area contributed by atoms with Crippen LogP contribution in [-0.2, 0) is 60.6 Å². The summed E-state index contributed by atoms with van der Waals surface area (Å²) in [5.74, 6) is 0. The summed E-state index contributed by atoms with van der Waals surface area (Å²) in [5, 5.41) is 0. The fraction of sp³-hybridized carbons (Fsp3) is 0. The van der Waals surface area contributed by atoms with Crippen LogP contribution in [0.4, 0.5) is 0 Å². The van der Waals surface area contributed by atoms with E-state index in [1.807, 2.05) is 0 Å². The zero-order chi connectivity index (χ0) is 0. The van der Waals surface area contributed by atoms with Gasteiger partial charge in [-0.2, -0.15) is 0 Å². The van der Waals surface area contributed by atoms with Gasteiger partial charge >= 0.3 is 0 Å². The van der Waals surface area contributed by atoms with Crippen molar-refractivity contribution in [1.82, 2.24) is 0 Å². The second kappa shape index (κ2) is 17.9. The molecule has 0 aliphatic carbocycles. The summed E-state index contributed by atoms with van der Waals surface area (Å²) in [4.78, 5) is 0. The molecule has 0 amide bonds. The van der Waals surface area contributed by atoms with Crippen molar-refractivity contribution in [3.05, 3.63) is 0 Å². The van der Waals surface area contributed by atoms with Crippen molar-refractivity contribution in [3.63, 3.8) is 0 Å². The van der Waals surface area contributed by atoms with Crippen LogP contribution in [0.25, 0.3) is 0 Å². The van der Waals surface area contributed by atoms with Crippen LogP contribution in [-0.4, -0.2) is 17.4 Å². The van der Waals surface area contributed by atoms with Crippen LogP contribution in [0.15, 0.2) is 0 Å². The SMILES string of the molecule is [AlH3].[Cr].[Mn].[Zr]. The first kappa shape index (κ1) is 31.8. The van der Waals surface area contributed by atoms with Crippen LogP contribution >= 0.6 is 0 Å². The van der Waals surface area contributed by atoms with Gasteiger partial charge in [0, 0.05) is 60.6 Å². The van der Waals surface area contributed by atoms with Gasteiger partial charge in [0.15, 0.2) is 17.4 Å². The van der Waals surface area contributed by atoms with E-state index in [0.717, 1.165) is 0 Å². The molecule has 0 aliphatic rings. The second-order valence-electron chi connectivity index (χ2n) is 0. The topological polar surface area (TPSA) is 0 Å². The van der Waals surface area contributed by atoms with Gasteiger partial charge in [-0.15, -0.1) is 0 Å². The van der Waals surface area contributed by atoms with Gasteiger partial charge in [-0.25, -0.2) is 0 Å². The Morgan fingerprint density at radius 3 is 1.00 bits per heavy atom. The Morgan fingerprint density at radius 2 is 1.00 bits per heavy atom. The molecular formula is H3AlCrMnZr. The fourth-order valence-electron chi connectivity index (χ4n) is 0. The Morgan fingerprint density at radius 1 is 1.00 bits per heavy atom. The molecule has 0 spiro atoms. The molecule has 4 heteroatoms. The van der Waals surface area contributed by atoms with Gasteiger partial charge in [-0.05, 0) is 0 Å². The van der Waals surface area contributed by atoms with E-state index in [1.165, 1.54) is 0 Å². The van der Waals surface area contributed by atoms with E-state index in [1.54, 1.807) is 0 Å². The van der Waals surface area contributed by atoms with E-state index in [2.05, 4.69) is 0 Å². The molecule has 0 rings (SSSR count). The standard InChI is InChI=1S/Al.Cr.Mn.Zr.3H. The van der Waals surface area contributed by atoms with Crippen LogP contribution in [0, 0.1) is 0 Å². The van der Waals surface area contributed by atoms with Crippen molar-refractivity contribution in [2.24, 2.45) is 0 Å². The molecule has 0 aromatic carbocycles. The van der Waals surface area contributed by atoms with E-state index >= 15 is 0 Å². The summed E-state index contributed by atoms with van der Waals surface area (Å²) in [6.45, 7) is 0. The molecule has 0 nitrogen and oxygen atoms in total. The van der Waals surface area contributed by atoms with Gasteiger partial charge in [0.1, 0.15) is 0 Å². The van der Waals surface area contributed by atoms with Gasteiger partial charge in [-0.1, -0.05) is 0 Å².